The summed E-state index contributed by atoms with van der Waals surface area (Å²) in [6, 6.07) is 25.9. The van der Waals surface area contributed by atoms with Crippen molar-refractivity contribution in [2.24, 2.45) is 0 Å². The first kappa shape index (κ1) is 46.9. The van der Waals surface area contributed by atoms with Crippen LogP contribution in [0.15, 0.2) is 121 Å². The second-order valence-electron chi connectivity index (χ2n) is 13.3. The van der Waals surface area contributed by atoms with Gasteiger partial charge in [-0.3, -0.25) is 4.79 Å². The van der Waals surface area contributed by atoms with Gasteiger partial charge in [-0.15, -0.1) is 75.4 Å². The van der Waals surface area contributed by atoms with Crippen LogP contribution in [0.4, 0.5) is 52.7 Å². The number of carbonyl (C=O) groups excluding carboxylic acids is 1. The maximum atomic E-state index is 15.0. The summed E-state index contributed by atoms with van der Waals surface area (Å²) in [7, 11) is 0. The van der Waals surface area contributed by atoms with Gasteiger partial charge in [0.05, 0.1) is 21.6 Å². The van der Waals surface area contributed by atoms with E-state index >= 15 is 4.79 Å². The molecule has 6 rings (SSSR count). The lowest BCUT2D eigenvalue weighted by atomic mass is 9.83. The number of thiophene rings is 2. The van der Waals surface area contributed by atoms with Crippen LogP contribution >= 0.6 is 22.7 Å². The first-order valence-corrected chi connectivity index (χ1v) is 19.8. The highest BCUT2D eigenvalue weighted by atomic mass is 32.1. The Kier molecular flexibility index (Phi) is 14.3. The molecule has 0 aliphatic rings. The molecular formula is C45H26F12O5S2. The molecule has 0 aliphatic heterocycles. The van der Waals surface area contributed by atoms with Gasteiger partial charge in [-0.1, -0.05) is 47.9 Å². The van der Waals surface area contributed by atoms with E-state index in [1.54, 1.807) is 24.3 Å². The Bertz CT molecular complexity index is 2460. The number of hydrogen-bond acceptors (Lipinski definition) is 7. The molecular weight excluding hydrogens is 913 g/mol. The molecule has 0 spiro atoms. The number of halogens is 12. The molecule has 0 saturated heterocycles. The molecule has 5 nitrogen and oxygen atoms in total. The zero-order valence-corrected chi connectivity index (χ0v) is 33.6. The Morgan fingerprint density at radius 3 is 0.969 bits per heavy atom. The molecule has 6 aromatic rings. The highest BCUT2D eigenvalue weighted by Gasteiger charge is 2.35. The predicted octanol–water partition coefficient (Wildman–Crippen LogP) is 13.1. The third-order valence-electron chi connectivity index (χ3n) is 8.66. The van der Waals surface area contributed by atoms with Crippen LogP contribution in [-0.2, 0) is 17.6 Å². The number of ketones is 1. The average Bonchev–Trinajstić information content (AvgIpc) is 3.87. The third-order valence-corrected chi connectivity index (χ3v) is 10.9. The number of benzene rings is 4. The Hall–Kier alpha value is -6.57. The van der Waals surface area contributed by atoms with Crippen LogP contribution in [0.2, 0.25) is 0 Å². The molecule has 0 saturated carbocycles. The molecule has 0 radical (unpaired) electrons. The molecule has 0 bridgehead atoms. The van der Waals surface area contributed by atoms with Crippen molar-refractivity contribution in [3.63, 3.8) is 0 Å². The van der Waals surface area contributed by atoms with Crippen molar-refractivity contribution in [1.82, 2.24) is 0 Å². The predicted molar refractivity (Wildman–Crippen MR) is 211 cm³/mol. The molecule has 2 aromatic heterocycles. The number of ether oxygens (including phenoxy) is 4. The van der Waals surface area contributed by atoms with E-state index in [1.807, 2.05) is 0 Å². The molecule has 0 N–H and O–H groups in total. The zero-order valence-electron chi connectivity index (χ0n) is 32.0. The quantitative estimate of drug-likeness (QED) is 0.0904. The highest BCUT2D eigenvalue weighted by molar-refractivity contribution is 7.13. The topological polar surface area (TPSA) is 54.0 Å². The first-order chi connectivity index (χ1) is 30.0. The summed E-state index contributed by atoms with van der Waals surface area (Å²) < 4.78 is 169. The van der Waals surface area contributed by atoms with Crippen molar-refractivity contribution in [2.75, 3.05) is 0 Å². The highest BCUT2D eigenvalue weighted by Crippen LogP contribution is 2.38. The zero-order chi connectivity index (χ0) is 46.3. The molecule has 2 heterocycles. The second-order valence-corrected chi connectivity index (χ2v) is 15.6. The van der Waals surface area contributed by atoms with Gasteiger partial charge < -0.3 is 18.9 Å². The smallest absolute Gasteiger partial charge is 0.406 e. The number of carbonyl (C=O) groups is 1. The lowest BCUT2D eigenvalue weighted by Gasteiger charge is -2.22. The SMILES string of the molecule is O=C(C(Cc1ccc(OC(F)(F)F)cc1)c1ccc(C#Cc2ccc(OC(F)(F)F)cc2)s1)C(Cc1ccc(OC(F)(F)F)cc1)c1ccc(C#Cc2ccc(OC(F)(F)F)cc2)s1. The van der Waals surface area contributed by atoms with E-state index < -0.39 is 66.1 Å². The summed E-state index contributed by atoms with van der Waals surface area (Å²) in [4.78, 5) is 16.9. The minimum Gasteiger partial charge on any atom is -0.406 e. The standard InChI is InChI=1S/C45H26F12O5S2/c46-42(47,48)59-31-11-1-27(2-12-31)9-19-35-21-23-39(63-35)37(25-29-5-15-33(16-6-29)61-44(52,53)54)41(58)38(26-30-7-17-34(18-8-30)62-45(55,56)57)40-24-22-36(64-40)20-10-28-3-13-32(14-4-28)60-43(49,50)51/h1-8,11-18,21-24,37-38H,25-26H2. The lowest BCUT2D eigenvalue weighted by Crippen LogP contribution is -2.23. The van der Waals surface area contributed by atoms with Gasteiger partial charge in [0.2, 0.25) is 0 Å². The summed E-state index contributed by atoms with van der Waals surface area (Å²) in [6.45, 7) is 0. The summed E-state index contributed by atoms with van der Waals surface area (Å²) in [6.07, 6.45) is -19.8. The van der Waals surface area contributed by atoms with Crippen molar-refractivity contribution < 1.29 is 76.4 Å². The van der Waals surface area contributed by atoms with E-state index in [2.05, 4.69) is 42.6 Å². The van der Waals surface area contributed by atoms with Gasteiger partial charge in [-0.25, -0.2) is 0 Å². The van der Waals surface area contributed by atoms with E-state index in [0.29, 0.717) is 41.8 Å². The van der Waals surface area contributed by atoms with Gasteiger partial charge in [0.25, 0.3) is 0 Å². The molecule has 2 atom stereocenters. The molecule has 0 amide bonds. The van der Waals surface area contributed by atoms with Crippen molar-refractivity contribution in [3.05, 3.63) is 163 Å². The number of hydrogen-bond donors (Lipinski definition) is 0. The number of rotatable bonds is 12. The van der Waals surface area contributed by atoms with Crippen molar-refractivity contribution >= 4 is 28.5 Å². The van der Waals surface area contributed by atoms with Crippen LogP contribution in [0.1, 0.15) is 53.6 Å². The van der Waals surface area contributed by atoms with Gasteiger partial charge in [0.1, 0.15) is 28.8 Å². The normalized spacial score (nSPS) is 12.8. The first-order valence-electron chi connectivity index (χ1n) is 18.2. The van der Waals surface area contributed by atoms with E-state index in [9.17, 15) is 52.7 Å². The fourth-order valence-electron chi connectivity index (χ4n) is 6.01. The van der Waals surface area contributed by atoms with E-state index in [1.165, 1.54) is 48.5 Å². The fourth-order valence-corrected chi connectivity index (χ4v) is 7.95. The minimum atomic E-state index is -4.96. The molecule has 2 unspecified atom stereocenters. The van der Waals surface area contributed by atoms with Gasteiger partial charge in [-0.05, 0) is 121 Å². The van der Waals surface area contributed by atoms with Crippen LogP contribution in [0.25, 0.3) is 0 Å². The van der Waals surface area contributed by atoms with Crippen molar-refractivity contribution in [1.29, 1.82) is 0 Å². The summed E-state index contributed by atoms with van der Waals surface area (Å²) >= 11 is 2.23. The molecule has 4 aromatic carbocycles. The number of alkyl halides is 12. The van der Waals surface area contributed by atoms with Gasteiger partial charge in [0.15, 0.2) is 0 Å². The Labute approximate surface area is 363 Å². The van der Waals surface area contributed by atoms with E-state index in [0.717, 1.165) is 71.2 Å². The average molecular weight is 939 g/mol. The summed E-state index contributed by atoms with van der Waals surface area (Å²) in [5.74, 6) is 7.23. The summed E-state index contributed by atoms with van der Waals surface area (Å²) in [5, 5.41) is 0. The molecule has 0 fully saturated rings. The summed E-state index contributed by atoms with van der Waals surface area (Å²) in [5.41, 5.74) is 1.56. The van der Waals surface area contributed by atoms with Gasteiger partial charge >= 0.3 is 25.4 Å². The van der Waals surface area contributed by atoms with Crippen molar-refractivity contribution in [2.45, 2.75) is 50.1 Å². The number of Topliss-reactive ketones (excluding diaryl/α,β-unsaturated/α-hetero) is 1. The maximum absolute atomic E-state index is 15.0. The second kappa shape index (κ2) is 19.4. The Morgan fingerprint density at radius 2 is 0.688 bits per heavy atom. The minimum absolute atomic E-state index is 0.0415. The fraction of sp³-hybridized carbons (Fsp3) is 0.178. The monoisotopic (exact) mass is 938 g/mol. The third kappa shape index (κ3) is 14.8. The lowest BCUT2D eigenvalue weighted by molar-refractivity contribution is -0.275. The van der Waals surface area contributed by atoms with E-state index in [-0.39, 0.29) is 12.8 Å². The van der Waals surface area contributed by atoms with Crippen LogP contribution in [0, 0.1) is 23.7 Å². The molecule has 64 heavy (non-hydrogen) atoms. The molecule has 19 heteroatoms. The van der Waals surface area contributed by atoms with Crippen molar-refractivity contribution in [3.8, 4) is 46.7 Å². The maximum Gasteiger partial charge on any atom is 0.573 e. The Morgan fingerprint density at radius 1 is 0.406 bits per heavy atom. The van der Waals surface area contributed by atoms with Gasteiger partial charge in [-0.2, -0.15) is 0 Å². The van der Waals surface area contributed by atoms with Crippen LogP contribution < -0.4 is 18.9 Å². The van der Waals surface area contributed by atoms with Crippen LogP contribution in [0.3, 0.4) is 0 Å². The van der Waals surface area contributed by atoms with E-state index in [4.69, 9.17) is 0 Å². The van der Waals surface area contributed by atoms with Gasteiger partial charge in [0, 0.05) is 20.9 Å². The van der Waals surface area contributed by atoms with Crippen LogP contribution in [-0.4, -0.2) is 31.2 Å². The Balaban J connectivity index is 1.34. The largest absolute Gasteiger partial charge is 0.573 e. The molecule has 0 aliphatic carbocycles. The van der Waals surface area contributed by atoms with Crippen LogP contribution in [0.5, 0.6) is 23.0 Å². The molecule has 332 valence electrons.